The van der Waals surface area contributed by atoms with Crippen LogP contribution >= 0.6 is 0 Å². The first kappa shape index (κ1) is 20.6. The van der Waals surface area contributed by atoms with Gasteiger partial charge in [0.25, 0.3) is 5.91 Å². The molecule has 2 aromatic rings. The second-order valence-corrected chi connectivity index (χ2v) is 9.46. The van der Waals surface area contributed by atoms with Crippen molar-refractivity contribution in [3.63, 3.8) is 0 Å². The summed E-state index contributed by atoms with van der Waals surface area (Å²) in [6.45, 7) is 6.80. The highest BCUT2D eigenvalue weighted by atomic mass is 32.2. The number of hydrogen-bond acceptors (Lipinski definition) is 3. The van der Waals surface area contributed by atoms with Crippen molar-refractivity contribution in [2.24, 2.45) is 0 Å². The fraction of sp³-hybridized carbons (Fsp3) is 0.409. The Morgan fingerprint density at radius 2 is 1.64 bits per heavy atom. The fourth-order valence-electron chi connectivity index (χ4n) is 3.48. The van der Waals surface area contributed by atoms with E-state index in [2.05, 4.69) is 5.32 Å². The predicted octanol–water partition coefficient (Wildman–Crippen LogP) is 3.97. The topological polar surface area (TPSA) is 66.5 Å². The average Bonchev–Trinajstić information content (AvgIpc) is 2.69. The molecule has 2 aromatic carbocycles. The Hall–Kier alpha value is -2.18. The molecule has 6 heteroatoms. The van der Waals surface area contributed by atoms with Gasteiger partial charge in [-0.05, 0) is 56.9 Å². The molecule has 150 valence electrons. The van der Waals surface area contributed by atoms with Gasteiger partial charge < -0.3 is 5.32 Å². The van der Waals surface area contributed by atoms with Crippen LogP contribution in [0.1, 0.15) is 59.3 Å². The number of sulfonamides is 1. The number of rotatable bonds is 5. The third-order valence-electron chi connectivity index (χ3n) is 5.31. The number of amides is 1. The van der Waals surface area contributed by atoms with Crippen LogP contribution in [-0.4, -0.2) is 31.7 Å². The van der Waals surface area contributed by atoms with Crippen LogP contribution in [0.25, 0.3) is 0 Å². The summed E-state index contributed by atoms with van der Waals surface area (Å²) < 4.78 is 27.6. The third-order valence-corrected chi connectivity index (χ3v) is 7.35. The van der Waals surface area contributed by atoms with Gasteiger partial charge in [-0.25, -0.2) is 8.42 Å². The quantitative estimate of drug-likeness (QED) is 0.826. The molecule has 0 aliphatic carbocycles. The van der Waals surface area contributed by atoms with Crippen LogP contribution in [0.3, 0.4) is 0 Å². The van der Waals surface area contributed by atoms with Gasteiger partial charge in [-0.1, -0.05) is 42.3 Å². The molecule has 3 rings (SSSR count). The van der Waals surface area contributed by atoms with Crippen molar-refractivity contribution >= 4 is 15.9 Å². The minimum atomic E-state index is -3.58. The smallest absolute Gasteiger partial charge is 0.251 e. The van der Waals surface area contributed by atoms with Crippen molar-refractivity contribution in [3.05, 3.63) is 64.7 Å². The van der Waals surface area contributed by atoms with E-state index in [0.29, 0.717) is 24.2 Å². The minimum absolute atomic E-state index is 0.170. The highest BCUT2D eigenvalue weighted by Gasteiger charge is 2.28. The van der Waals surface area contributed by atoms with Gasteiger partial charge in [-0.15, -0.1) is 0 Å². The highest BCUT2D eigenvalue weighted by molar-refractivity contribution is 7.89. The average molecular weight is 401 g/mol. The van der Waals surface area contributed by atoms with E-state index in [1.807, 2.05) is 38.1 Å². The van der Waals surface area contributed by atoms with Gasteiger partial charge in [0.05, 0.1) is 10.9 Å². The maximum absolute atomic E-state index is 13.1. The van der Waals surface area contributed by atoms with Gasteiger partial charge in [0, 0.05) is 18.7 Å². The molecule has 1 aliphatic rings. The standard InChI is InChI=1S/C22H28N2O3S/c1-16-7-10-19(11-8-16)18(3)23-22(25)20-12-9-17(2)21(15-20)28(26,27)24-13-5-4-6-14-24/h7-12,15,18H,4-6,13-14H2,1-3H3,(H,23,25)/t18-/m0/s1. The lowest BCUT2D eigenvalue weighted by atomic mass is 10.1. The number of carbonyl (C=O) groups is 1. The van der Waals surface area contributed by atoms with Crippen LogP contribution in [-0.2, 0) is 10.0 Å². The predicted molar refractivity (Wildman–Crippen MR) is 111 cm³/mol. The SMILES string of the molecule is Cc1ccc([C@H](C)NC(=O)c2ccc(C)c(S(=O)(=O)N3CCCCC3)c2)cc1. The van der Waals surface area contributed by atoms with Crippen molar-refractivity contribution in [2.45, 2.75) is 51.0 Å². The van der Waals surface area contributed by atoms with Gasteiger partial charge in [0.2, 0.25) is 10.0 Å². The van der Waals surface area contributed by atoms with Gasteiger partial charge in [-0.3, -0.25) is 4.79 Å². The van der Waals surface area contributed by atoms with Crippen molar-refractivity contribution in [2.75, 3.05) is 13.1 Å². The zero-order valence-corrected chi connectivity index (χ0v) is 17.6. The van der Waals surface area contributed by atoms with Crippen molar-refractivity contribution in [1.82, 2.24) is 9.62 Å². The summed E-state index contributed by atoms with van der Waals surface area (Å²) in [6.07, 6.45) is 2.82. The molecule has 5 nitrogen and oxygen atoms in total. The van der Waals surface area contributed by atoms with E-state index in [-0.39, 0.29) is 16.8 Å². The van der Waals surface area contributed by atoms with Crippen LogP contribution in [0.2, 0.25) is 0 Å². The van der Waals surface area contributed by atoms with Crippen LogP contribution < -0.4 is 5.32 Å². The molecule has 28 heavy (non-hydrogen) atoms. The summed E-state index contributed by atoms with van der Waals surface area (Å²) in [5, 5.41) is 2.96. The largest absolute Gasteiger partial charge is 0.346 e. The van der Waals surface area contributed by atoms with Gasteiger partial charge >= 0.3 is 0 Å². The highest BCUT2D eigenvalue weighted by Crippen LogP contribution is 2.25. The lowest BCUT2D eigenvalue weighted by Crippen LogP contribution is -2.36. The lowest BCUT2D eigenvalue weighted by molar-refractivity contribution is 0.0939. The van der Waals surface area contributed by atoms with E-state index < -0.39 is 10.0 Å². The molecule has 0 bridgehead atoms. The number of carbonyl (C=O) groups excluding carboxylic acids is 1. The second kappa shape index (κ2) is 8.45. The normalized spacial score (nSPS) is 16.5. The van der Waals surface area contributed by atoms with Crippen molar-refractivity contribution < 1.29 is 13.2 Å². The van der Waals surface area contributed by atoms with E-state index >= 15 is 0 Å². The number of hydrogen-bond donors (Lipinski definition) is 1. The number of aryl methyl sites for hydroxylation is 2. The van der Waals surface area contributed by atoms with Crippen molar-refractivity contribution in [3.8, 4) is 0 Å². The summed E-state index contributed by atoms with van der Waals surface area (Å²) in [4.78, 5) is 13.0. The third kappa shape index (κ3) is 4.45. The number of piperidine rings is 1. The van der Waals surface area contributed by atoms with Crippen LogP contribution in [0.4, 0.5) is 0 Å². The maximum Gasteiger partial charge on any atom is 0.251 e. The first-order chi connectivity index (χ1) is 13.3. The summed E-state index contributed by atoms with van der Waals surface area (Å²) >= 11 is 0. The van der Waals surface area contributed by atoms with E-state index in [4.69, 9.17) is 0 Å². The Morgan fingerprint density at radius 1 is 1.00 bits per heavy atom. The van der Waals surface area contributed by atoms with E-state index in [0.717, 1.165) is 30.4 Å². The van der Waals surface area contributed by atoms with Crippen LogP contribution in [0.5, 0.6) is 0 Å². The zero-order valence-electron chi connectivity index (χ0n) is 16.7. The van der Waals surface area contributed by atoms with Crippen LogP contribution in [0, 0.1) is 13.8 Å². The number of nitrogens with zero attached hydrogens (tertiary/aromatic N) is 1. The molecule has 1 heterocycles. The molecule has 0 unspecified atom stereocenters. The molecule has 1 saturated heterocycles. The van der Waals surface area contributed by atoms with Gasteiger partial charge in [-0.2, -0.15) is 4.31 Å². The monoisotopic (exact) mass is 400 g/mol. The molecule has 0 spiro atoms. The summed E-state index contributed by atoms with van der Waals surface area (Å²) in [5.41, 5.74) is 3.19. The second-order valence-electron chi connectivity index (χ2n) is 7.55. The Morgan fingerprint density at radius 3 is 2.29 bits per heavy atom. The Balaban J connectivity index is 1.82. The molecule has 0 saturated carbocycles. The molecule has 1 atom stereocenters. The minimum Gasteiger partial charge on any atom is -0.346 e. The molecule has 0 radical (unpaired) electrons. The molecule has 1 aliphatic heterocycles. The molecule has 1 fully saturated rings. The van der Waals surface area contributed by atoms with Crippen molar-refractivity contribution in [1.29, 1.82) is 0 Å². The zero-order chi connectivity index (χ0) is 20.3. The molecule has 1 amide bonds. The first-order valence-electron chi connectivity index (χ1n) is 9.77. The molecular weight excluding hydrogens is 372 g/mol. The van der Waals surface area contributed by atoms with Crippen LogP contribution in [0.15, 0.2) is 47.4 Å². The summed E-state index contributed by atoms with van der Waals surface area (Å²) in [5.74, 6) is -0.275. The van der Waals surface area contributed by atoms with E-state index in [1.54, 1.807) is 19.1 Å². The summed E-state index contributed by atoms with van der Waals surface area (Å²) in [7, 11) is -3.58. The molecular formula is C22H28N2O3S. The molecule has 0 aromatic heterocycles. The van der Waals surface area contributed by atoms with E-state index in [9.17, 15) is 13.2 Å². The van der Waals surface area contributed by atoms with Gasteiger partial charge in [0.1, 0.15) is 0 Å². The number of nitrogens with one attached hydrogen (secondary N) is 1. The fourth-order valence-corrected chi connectivity index (χ4v) is 5.25. The maximum atomic E-state index is 13.1. The van der Waals surface area contributed by atoms with Gasteiger partial charge in [0.15, 0.2) is 0 Å². The Kier molecular flexibility index (Phi) is 6.20. The summed E-state index contributed by atoms with van der Waals surface area (Å²) in [6, 6.07) is 12.7. The van der Waals surface area contributed by atoms with E-state index in [1.165, 1.54) is 10.4 Å². The Labute approximate surface area is 167 Å². The number of benzene rings is 2. The molecule has 1 N–H and O–H groups in total. The lowest BCUT2D eigenvalue weighted by Gasteiger charge is -2.26. The Bertz CT molecular complexity index is 946. The first-order valence-corrected chi connectivity index (χ1v) is 11.2.